The van der Waals surface area contributed by atoms with E-state index in [0.29, 0.717) is 5.69 Å². The van der Waals surface area contributed by atoms with Crippen molar-refractivity contribution in [2.24, 2.45) is 0 Å². The van der Waals surface area contributed by atoms with Gasteiger partial charge >= 0.3 is 0 Å². The van der Waals surface area contributed by atoms with Crippen molar-refractivity contribution in [1.82, 2.24) is 0 Å². The summed E-state index contributed by atoms with van der Waals surface area (Å²) in [5.74, 6) is -0.201. The van der Waals surface area contributed by atoms with Gasteiger partial charge in [0.2, 0.25) is 5.91 Å². The Balaban J connectivity index is 1.95. The number of nitrogens with one attached hydrogen (secondary N) is 2. The third-order valence-electron chi connectivity index (χ3n) is 3.18. The Kier molecular flexibility index (Phi) is 5.08. The van der Waals surface area contributed by atoms with Crippen LogP contribution in [-0.4, -0.2) is 17.4 Å². The number of amides is 1. The van der Waals surface area contributed by atoms with Gasteiger partial charge in [-0.1, -0.05) is 31.2 Å². The second kappa shape index (κ2) is 7.21. The number of para-hydroxylation sites is 1. The Morgan fingerprint density at radius 1 is 1.18 bits per heavy atom. The standard InChI is InChI=1S/C16H17N3O3/c1-2-12-6-3-4-9-15(12)18-16(20)11-17-13-7-5-8-14(10-13)19(21)22/h3-10,17H,2,11H2,1H3,(H,18,20). The number of carbonyl (C=O) groups excluding carboxylic acids is 1. The van der Waals surface area contributed by atoms with Crippen LogP contribution in [0, 0.1) is 10.1 Å². The maximum atomic E-state index is 12.0. The summed E-state index contributed by atoms with van der Waals surface area (Å²) in [5, 5.41) is 16.4. The first-order valence-electron chi connectivity index (χ1n) is 6.96. The summed E-state index contributed by atoms with van der Waals surface area (Å²) in [5.41, 5.74) is 2.37. The van der Waals surface area contributed by atoms with E-state index in [0.717, 1.165) is 17.7 Å². The largest absolute Gasteiger partial charge is 0.376 e. The fourth-order valence-corrected chi connectivity index (χ4v) is 2.06. The van der Waals surface area contributed by atoms with E-state index < -0.39 is 4.92 Å². The Morgan fingerprint density at radius 3 is 2.68 bits per heavy atom. The van der Waals surface area contributed by atoms with Crippen LogP contribution >= 0.6 is 0 Å². The molecule has 0 unspecified atom stereocenters. The van der Waals surface area contributed by atoms with Crippen LogP contribution in [0.3, 0.4) is 0 Å². The summed E-state index contributed by atoms with van der Waals surface area (Å²) in [6, 6.07) is 13.7. The van der Waals surface area contributed by atoms with Crippen molar-refractivity contribution in [2.75, 3.05) is 17.2 Å². The number of anilines is 2. The summed E-state index contributed by atoms with van der Waals surface area (Å²) in [6.07, 6.45) is 0.828. The normalized spacial score (nSPS) is 10.0. The summed E-state index contributed by atoms with van der Waals surface area (Å²) in [4.78, 5) is 22.2. The Morgan fingerprint density at radius 2 is 1.95 bits per heavy atom. The molecular weight excluding hydrogens is 282 g/mol. The van der Waals surface area contributed by atoms with Gasteiger partial charge in [-0.3, -0.25) is 14.9 Å². The van der Waals surface area contributed by atoms with Crippen LogP contribution in [0.15, 0.2) is 48.5 Å². The first-order valence-corrected chi connectivity index (χ1v) is 6.96. The van der Waals surface area contributed by atoms with Crippen LogP contribution in [0.1, 0.15) is 12.5 Å². The molecule has 0 saturated carbocycles. The van der Waals surface area contributed by atoms with E-state index in [4.69, 9.17) is 0 Å². The highest BCUT2D eigenvalue weighted by molar-refractivity contribution is 5.94. The lowest BCUT2D eigenvalue weighted by Crippen LogP contribution is -2.22. The molecule has 2 N–H and O–H groups in total. The number of rotatable bonds is 6. The van der Waals surface area contributed by atoms with Gasteiger partial charge in [0.1, 0.15) is 0 Å². The Labute approximate surface area is 128 Å². The summed E-state index contributed by atoms with van der Waals surface area (Å²) >= 11 is 0. The minimum Gasteiger partial charge on any atom is -0.376 e. The van der Waals surface area contributed by atoms with Crippen molar-refractivity contribution in [3.8, 4) is 0 Å². The molecule has 2 aromatic rings. The molecule has 2 aromatic carbocycles. The number of nitrogens with zero attached hydrogens (tertiary/aromatic N) is 1. The van der Waals surface area contributed by atoms with Crippen molar-refractivity contribution < 1.29 is 9.72 Å². The van der Waals surface area contributed by atoms with Crippen molar-refractivity contribution in [1.29, 1.82) is 0 Å². The van der Waals surface area contributed by atoms with E-state index in [-0.39, 0.29) is 18.1 Å². The third kappa shape index (κ3) is 4.05. The number of nitro groups is 1. The molecule has 2 rings (SSSR count). The molecule has 0 aliphatic carbocycles. The smallest absolute Gasteiger partial charge is 0.271 e. The molecule has 0 bridgehead atoms. The fourth-order valence-electron chi connectivity index (χ4n) is 2.06. The lowest BCUT2D eigenvalue weighted by Gasteiger charge is -2.10. The lowest BCUT2D eigenvalue weighted by atomic mass is 10.1. The second-order valence-electron chi connectivity index (χ2n) is 4.72. The van der Waals surface area contributed by atoms with Crippen LogP contribution in [0.5, 0.6) is 0 Å². The summed E-state index contributed by atoms with van der Waals surface area (Å²) < 4.78 is 0. The molecule has 0 fully saturated rings. The number of aryl methyl sites for hydroxylation is 1. The van der Waals surface area contributed by atoms with Gasteiger partial charge in [-0.25, -0.2) is 0 Å². The average molecular weight is 299 g/mol. The highest BCUT2D eigenvalue weighted by Gasteiger charge is 2.08. The SMILES string of the molecule is CCc1ccccc1NC(=O)CNc1cccc([N+](=O)[O-])c1. The maximum absolute atomic E-state index is 12.0. The molecule has 0 atom stereocenters. The van der Waals surface area contributed by atoms with E-state index in [9.17, 15) is 14.9 Å². The van der Waals surface area contributed by atoms with Crippen LogP contribution in [0.25, 0.3) is 0 Å². The Hall–Kier alpha value is -2.89. The van der Waals surface area contributed by atoms with E-state index >= 15 is 0 Å². The van der Waals surface area contributed by atoms with Gasteiger partial charge in [-0.15, -0.1) is 0 Å². The molecule has 22 heavy (non-hydrogen) atoms. The van der Waals surface area contributed by atoms with E-state index in [1.165, 1.54) is 12.1 Å². The van der Waals surface area contributed by atoms with E-state index in [2.05, 4.69) is 10.6 Å². The summed E-state index contributed by atoms with van der Waals surface area (Å²) in [6.45, 7) is 2.06. The van der Waals surface area contributed by atoms with E-state index in [1.807, 2.05) is 31.2 Å². The number of hydrogen-bond acceptors (Lipinski definition) is 4. The van der Waals surface area contributed by atoms with Crippen LogP contribution < -0.4 is 10.6 Å². The quantitative estimate of drug-likeness (QED) is 0.633. The van der Waals surface area contributed by atoms with Crippen molar-refractivity contribution in [3.63, 3.8) is 0 Å². The second-order valence-corrected chi connectivity index (χ2v) is 4.72. The monoisotopic (exact) mass is 299 g/mol. The van der Waals surface area contributed by atoms with E-state index in [1.54, 1.807) is 12.1 Å². The highest BCUT2D eigenvalue weighted by Crippen LogP contribution is 2.17. The molecule has 0 spiro atoms. The number of benzene rings is 2. The highest BCUT2D eigenvalue weighted by atomic mass is 16.6. The average Bonchev–Trinajstić information content (AvgIpc) is 2.53. The van der Waals surface area contributed by atoms with Gasteiger partial charge in [0.15, 0.2) is 0 Å². The molecule has 0 aliphatic heterocycles. The summed E-state index contributed by atoms with van der Waals surface area (Å²) in [7, 11) is 0. The predicted octanol–water partition coefficient (Wildman–Crippen LogP) is 3.21. The van der Waals surface area contributed by atoms with Crippen molar-refractivity contribution in [2.45, 2.75) is 13.3 Å². The Bertz CT molecular complexity index is 686. The zero-order valence-corrected chi connectivity index (χ0v) is 12.2. The first kappa shape index (κ1) is 15.5. The van der Waals surface area contributed by atoms with Gasteiger partial charge in [0.05, 0.1) is 11.5 Å². The van der Waals surface area contributed by atoms with Gasteiger partial charge in [-0.2, -0.15) is 0 Å². The topological polar surface area (TPSA) is 84.3 Å². The molecule has 0 radical (unpaired) electrons. The zero-order chi connectivity index (χ0) is 15.9. The maximum Gasteiger partial charge on any atom is 0.271 e. The molecule has 0 aliphatic rings. The lowest BCUT2D eigenvalue weighted by molar-refractivity contribution is -0.384. The van der Waals surface area contributed by atoms with Gasteiger partial charge in [0.25, 0.3) is 5.69 Å². The first-order chi connectivity index (χ1) is 10.6. The number of non-ortho nitro benzene ring substituents is 1. The predicted molar refractivity (Wildman–Crippen MR) is 86.0 cm³/mol. The molecule has 0 heterocycles. The van der Waals surface area contributed by atoms with Gasteiger partial charge in [0, 0.05) is 23.5 Å². The number of nitro benzene ring substituents is 1. The molecule has 0 aromatic heterocycles. The number of carbonyl (C=O) groups is 1. The molecule has 1 amide bonds. The third-order valence-corrected chi connectivity index (χ3v) is 3.18. The van der Waals surface area contributed by atoms with Gasteiger partial charge < -0.3 is 10.6 Å². The van der Waals surface area contributed by atoms with Crippen LogP contribution in [0.4, 0.5) is 17.1 Å². The molecule has 6 nitrogen and oxygen atoms in total. The number of hydrogen-bond donors (Lipinski definition) is 2. The minimum atomic E-state index is -0.469. The molecular formula is C16H17N3O3. The van der Waals surface area contributed by atoms with Crippen molar-refractivity contribution in [3.05, 3.63) is 64.2 Å². The van der Waals surface area contributed by atoms with Crippen LogP contribution in [0.2, 0.25) is 0 Å². The fraction of sp³-hybridized carbons (Fsp3) is 0.188. The van der Waals surface area contributed by atoms with Gasteiger partial charge in [-0.05, 0) is 24.1 Å². The molecule has 114 valence electrons. The van der Waals surface area contributed by atoms with Crippen LogP contribution in [-0.2, 0) is 11.2 Å². The molecule has 0 saturated heterocycles. The zero-order valence-electron chi connectivity index (χ0n) is 12.2. The molecule has 6 heteroatoms. The minimum absolute atomic E-state index is 0.0123. The van der Waals surface area contributed by atoms with Crippen molar-refractivity contribution >= 4 is 23.0 Å².